The van der Waals surface area contributed by atoms with Crippen molar-refractivity contribution in [3.8, 4) is 0 Å². The van der Waals surface area contributed by atoms with Crippen molar-refractivity contribution in [2.24, 2.45) is 0 Å². The lowest BCUT2D eigenvalue weighted by Crippen LogP contribution is -2.45. The number of carbonyl (C=O) groups excluding carboxylic acids is 1. The predicted octanol–water partition coefficient (Wildman–Crippen LogP) is 2.76. The van der Waals surface area contributed by atoms with E-state index in [1.165, 1.54) is 0 Å². The lowest BCUT2D eigenvalue weighted by Gasteiger charge is -2.38. The number of likely N-dealkylation sites (tertiary alicyclic amines) is 1. The van der Waals surface area contributed by atoms with Gasteiger partial charge in [-0.15, -0.1) is 0 Å². The van der Waals surface area contributed by atoms with Gasteiger partial charge < -0.3 is 14.5 Å². The van der Waals surface area contributed by atoms with Gasteiger partial charge in [0, 0.05) is 29.7 Å². The molecular weight excluding hydrogens is 304 g/mol. The number of amides is 1. The van der Waals surface area contributed by atoms with Gasteiger partial charge in [-0.3, -0.25) is 4.79 Å². The first-order valence-corrected chi connectivity index (χ1v) is 7.57. The fourth-order valence-electron chi connectivity index (χ4n) is 2.81. The van der Waals surface area contributed by atoms with Crippen LogP contribution in [0.5, 0.6) is 0 Å². The summed E-state index contributed by atoms with van der Waals surface area (Å²) >= 11 is 6.18. The van der Waals surface area contributed by atoms with Gasteiger partial charge in [-0.05, 0) is 25.8 Å². The number of halogens is 1. The summed E-state index contributed by atoms with van der Waals surface area (Å²) in [6.45, 7) is 2.66. The first-order valence-electron chi connectivity index (χ1n) is 7.19. The number of aromatic nitrogens is 1. The van der Waals surface area contributed by atoms with E-state index in [2.05, 4.69) is 5.16 Å². The second-order valence-corrected chi connectivity index (χ2v) is 6.04. The first kappa shape index (κ1) is 15.1. The molecule has 1 aliphatic heterocycles. The van der Waals surface area contributed by atoms with Crippen LogP contribution in [0.25, 0.3) is 0 Å². The predicted molar refractivity (Wildman–Crippen MR) is 81.7 cm³/mol. The molecule has 1 aliphatic rings. The van der Waals surface area contributed by atoms with E-state index < -0.39 is 5.60 Å². The molecule has 1 fully saturated rings. The molecule has 2 aromatic rings. The van der Waals surface area contributed by atoms with Crippen molar-refractivity contribution >= 4 is 17.5 Å². The van der Waals surface area contributed by atoms with Gasteiger partial charge in [-0.2, -0.15) is 0 Å². The molecule has 0 bridgehead atoms. The van der Waals surface area contributed by atoms with E-state index in [9.17, 15) is 9.90 Å². The highest BCUT2D eigenvalue weighted by Crippen LogP contribution is 2.36. The van der Waals surface area contributed by atoms with E-state index in [1.807, 2.05) is 18.2 Å². The van der Waals surface area contributed by atoms with E-state index in [4.69, 9.17) is 16.1 Å². The molecule has 1 amide bonds. The highest BCUT2D eigenvalue weighted by molar-refractivity contribution is 6.31. The molecule has 1 aromatic heterocycles. The lowest BCUT2D eigenvalue weighted by atomic mass is 9.84. The van der Waals surface area contributed by atoms with E-state index in [1.54, 1.807) is 24.0 Å². The SMILES string of the molecule is Cc1cc(C(=O)N2CCC(O)(c3ccccc3Cl)CC2)on1. The minimum atomic E-state index is -0.994. The van der Waals surface area contributed by atoms with Crippen LogP contribution >= 0.6 is 11.6 Å². The van der Waals surface area contributed by atoms with Crippen LogP contribution < -0.4 is 0 Å². The average Bonchev–Trinajstić information content (AvgIpc) is 2.94. The number of piperidine rings is 1. The Hall–Kier alpha value is -1.85. The number of aryl methyl sites for hydroxylation is 1. The number of carbonyl (C=O) groups is 1. The van der Waals surface area contributed by atoms with Crippen molar-refractivity contribution in [3.63, 3.8) is 0 Å². The van der Waals surface area contributed by atoms with Crippen molar-refractivity contribution in [2.75, 3.05) is 13.1 Å². The molecule has 1 N–H and O–H groups in total. The second kappa shape index (κ2) is 5.74. The van der Waals surface area contributed by atoms with Crippen molar-refractivity contribution in [3.05, 3.63) is 52.4 Å². The van der Waals surface area contributed by atoms with Crippen molar-refractivity contribution < 1.29 is 14.4 Å². The number of hydrogen-bond acceptors (Lipinski definition) is 4. The molecule has 3 rings (SSSR count). The molecule has 1 aromatic carbocycles. The fraction of sp³-hybridized carbons (Fsp3) is 0.375. The Kier molecular flexibility index (Phi) is 3.93. The summed E-state index contributed by atoms with van der Waals surface area (Å²) in [5.74, 6) is 0.0440. The molecule has 1 saturated heterocycles. The third-order valence-corrected chi connectivity index (χ3v) is 4.42. The van der Waals surface area contributed by atoms with E-state index >= 15 is 0 Å². The molecule has 0 aliphatic carbocycles. The first-order chi connectivity index (χ1) is 10.5. The standard InChI is InChI=1S/C16H17ClN2O3/c1-11-10-14(22-18-11)15(20)19-8-6-16(21,7-9-19)12-4-2-3-5-13(12)17/h2-5,10,21H,6-9H2,1H3. The average molecular weight is 321 g/mol. The third kappa shape index (κ3) is 2.74. The summed E-state index contributed by atoms with van der Waals surface area (Å²) in [5, 5.41) is 15.1. The summed E-state index contributed by atoms with van der Waals surface area (Å²) in [7, 11) is 0. The van der Waals surface area contributed by atoms with Gasteiger partial charge in [0.05, 0.1) is 11.3 Å². The zero-order valence-electron chi connectivity index (χ0n) is 12.3. The molecule has 5 nitrogen and oxygen atoms in total. The van der Waals surface area contributed by atoms with Gasteiger partial charge in [0.1, 0.15) is 0 Å². The molecule has 116 valence electrons. The van der Waals surface area contributed by atoms with Crippen LogP contribution in [0, 0.1) is 6.92 Å². The minimum Gasteiger partial charge on any atom is -0.385 e. The Morgan fingerprint density at radius 3 is 2.64 bits per heavy atom. The molecule has 0 saturated carbocycles. The van der Waals surface area contributed by atoms with Crippen LogP contribution in [-0.2, 0) is 5.60 Å². The highest BCUT2D eigenvalue weighted by atomic mass is 35.5. The topological polar surface area (TPSA) is 66.6 Å². The van der Waals surface area contributed by atoms with Gasteiger partial charge in [0.2, 0.25) is 5.76 Å². The molecule has 22 heavy (non-hydrogen) atoms. The van der Waals surface area contributed by atoms with Crippen LogP contribution in [-0.4, -0.2) is 34.2 Å². The second-order valence-electron chi connectivity index (χ2n) is 5.64. The summed E-state index contributed by atoms with van der Waals surface area (Å²) in [6, 6.07) is 8.91. The smallest absolute Gasteiger partial charge is 0.292 e. The Labute approximate surface area is 133 Å². The number of hydrogen-bond donors (Lipinski definition) is 1. The Morgan fingerprint density at radius 1 is 1.36 bits per heavy atom. The van der Waals surface area contributed by atoms with Crippen LogP contribution in [0.1, 0.15) is 34.7 Å². The van der Waals surface area contributed by atoms with Gasteiger partial charge in [0.25, 0.3) is 5.91 Å². The maximum atomic E-state index is 12.3. The quantitative estimate of drug-likeness (QED) is 0.924. The van der Waals surface area contributed by atoms with Crippen molar-refractivity contribution in [1.82, 2.24) is 10.1 Å². The van der Waals surface area contributed by atoms with E-state index in [0.717, 1.165) is 5.56 Å². The molecule has 0 spiro atoms. The van der Waals surface area contributed by atoms with Crippen molar-refractivity contribution in [1.29, 1.82) is 0 Å². The molecule has 6 heteroatoms. The summed E-state index contributed by atoms with van der Waals surface area (Å²) in [4.78, 5) is 14.0. The number of benzene rings is 1. The Balaban J connectivity index is 1.72. The Bertz CT molecular complexity index is 690. The van der Waals surface area contributed by atoms with Gasteiger partial charge in [-0.1, -0.05) is 35.0 Å². The van der Waals surface area contributed by atoms with Crippen molar-refractivity contribution in [2.45, 2.75) is 25.4 Å². The normalized spacial score (nSPS) is 17.5. The van der Waals surface area contributed by atoms with Gasteiger partial charge >= 0.3 is 0 Å². The summed E-state index contributed by atoms with van der Waals surface area (Å²) in [6.07, 6.45) is 0.880. The lowest BCUT2D eigenvalue weighted by molar-refractivity contribution is -0.0218. The highest BCUT2D eigenvalue weighted by Gasteiger charge is 2.37. The number of aliphatic hydroxyl groups is 1. The Morgan fingerprint density at radius 2 is 2.05 bits per heavy atom. The molecule has 0 atom stereocenters. The van der Waals surface area contributed by atoms with Crippen LogP contribution in [0.2, 0.25) is 5.02 Å². The third-order valence-electron chi connectivity index (χ3n) is 4.09. The zero-order valence-corrected chi connectivity index (χ0v) is 13.0. The maximum Gasteiger partial charge on any atom is 0.292 e. The van der Waals surface area contributed by atoms with E-state index in [0.29, 0.717) is 36.6 Å². The largest absolute Gasteiger partial charge is 0.385 e. The summed E-state index contributed by atoms with van der Waals surface area (Å²) < 4.78 is 5.01. The number of rotatable bonds is 2. The number of nitrogens with zero attached hydrogens (tertiary/aromatic N) is 2. The van der Waals surface area contributed by atoms with Crippen LogP contribution in [0.3, 0.4) is 0 Å². The van der Waals surface area contributed by atoms with Gasteiger partial charge in [-0.25, -0.2) is 0 Å². The maximum absolute atomic E-state index is 12.3. The zero-order chi connectivity index (χ0) is 15.7. The molecular formula is C16H17ClN2O3. The molecule has 0 radical (unpaired) electrons. The van der Waals surface area contributed by atoms with Crippen LogP contribution in [0.15, 0.2) is 34.9 Å². The van der Waals surface area contributed by atoms with E-state index in [-0.39, 0.29) is 11.7 Å². The molecule has 0 unspecified atom stereocenters. The minimum absolute atomic E-state index is 0.193. The van der Waals surface area contributed by atoms with Crippen LogP contribution in [0.4, 0.5) is 0 Å². The molecule has 2 heterocycles. The van der Waals surface area contributed by atoms with Gasteiger partial charge in [0.15, 0.2) is 0 Å². The fourth-order valence-corrected chi connectivity index (χ4v) is 3.12. The monoisotopic (exact) mass is 320 g/mol. The summed E-state index contributed by atoms with van der Waals surface area (Å²) in [5.41, 5.74) is 0.402.